The SMILES string of the molecule is CN(CCOc1ccccc1F)C(=O)C1CCN(C(=O)Nc2ccccc2)CC1. The molecule has 0 aliphatic carbocycles. The van der Waals surface area contributed by atoms with E-state index in [1.165, 1.54) is 6.07 Å². The summed E-state index contributed by atoms with van der Waals surface area (Å²) in [5.41, 5.74) is 0.755. The molecule has 0 bridgehead atoms. The van der Waals surface area contributed by atoms with Gasteiger partial charge < -0.3 is 19.9 Å². The fourth-order valence-electron chi connectivity index (χ4n) is 3.33. The number of halogens is 1. The largest absolute Gasteiger partial charge is 0.489 e. The maximum Gasteiger partial charge on any atom is 0.321 e. The van der Waals surface area contributed by atoms with E-state index in [9.17, 15) is 14.0 Å². The number of rotatable bonds is 6. The van der Waals surface area contributed by atoms with E-state index >= 15 is 0 Å². The van der Waals surface area contributed by atoms with Crippen molar-refractivity contribution in [2.45, 2.75) is 12.8 Å². The first-order chi connectivity index (χ1) is 14.0. The molecule has 3 rings (SSSR count). The zero-order valence-electron chi connectivity index (χ0n) is 16.5. The first-order valence-electron chi connectivity index (χ1n) is 9.78. The summed E-state index contributed by atoms with van der Waals surface area (Å²) in [5.74, 6) is -0.312. The van der Waals surface area contributed by atoms with Gasteiger partial charge in [0.2, 0.25) is 5.91 Å². The van der Waals surface area contributed by atoms with Crippen LogP contribution in [-0.2, 0) is 4.79 Å². The minimum Gasteiger partial charge on any atom is -0.489 e. The molecule has 0 radical (unpaired) electrons. The number of likely N-dealkylation sites (N-methyl/N-ethyl adjacent to an activating group) is 1. The molecule has 7 heteroatoms. The van der Waals surface area contributed by atoms with Crippen molar-refractivity contribution in [2.75, 3.05) is 38.6 Å². The minimum absolute atomic E-state index is 0.0326. The fraction of sp³-hybridized carbons (Fsp3) is 0.364. The molecule has 29 heavy (non-hydrogen) atoms. The molecule has 154 valence electrons. The highest BCUT2D eigenvalue weighted by Crippen LogP contribution is 2.20. The second-order valence-corrected chi connectivity index (χ2v) is 7.10. The lowest BCUT2D eigenvalue weighted by molar-refractivity contribution is -0.135. The Morgan fingerprint density at radius 3 is 2.45 bits per heavy atom. The van der Waals surface area contributed by atoms with E-state index in [0.29, 0.717) is 32.5 Å². The molecule has 1 N–H and O–H groups in total. The normalized spacial score (nSPS) is 14.3. The molecule has 2 aromatic carbocycles. The van der Waals surface area contributed by atoms with Crippen molar-refractivity contribution in [2.24, 2.45) is 5.92 Å². The lowest BCUT2D eigenvalue weighted by Crippen LogP contribution is -2.45. The lowest BCUT2D eigenvalue weighted by atomic mass is 9.95. The smallest absolute Gasteiger partial charge is 0.321 e. The van der Waals surface area contributed by atoms with Gasteiger partial charge in [-0.05, 0) is 37.1 Å². The van der Waals surface area contributed by atoms with Gasteiger partial charge in [0, 0.05) is 31.7 Å². The summed E-state index contributed by atoms with van der Waals surface area (Å²) >= 11 is 0. The van der Waals surface area contributed by atoms with Crippen molar-refractivity contribution < 1.29 is 18.7 Å². The molecule has 0 unspecified atom stereocenters. The molecule has 0 aromatic heterocycles. The summed E-state index contributed by atoms with van der Waals surface area (Å²) in [6.45, 7) is 1.67. The standard InChI is InChI=1S/C22H26FN3O3/c1-25(15-16-29-20-10-6-5-9-19(20)23)21(27)17-11-13-26(14-12-17)22(28)24-18-7-3-2-4-8-18/h2-10,17H,11-16H2,1H3,(H,24,28). The summed E-state index contributed by atoms with van der Waals surface area (Å²) < 4.78 is 19.0. The van der Waals surface area contributed by atoms with E-state index < -0.39 is 5.82 Å². The van der Waals surface area contributed by atoms with Gasteiger partial charge in [0.25, 0.3) is 0 Å². The number of nitrogens with zero attached hydrogens (tertiary/aromatic N) is 2. The minimum atomic E-state index is -0.414. The average Bonchev–Trinajstić information content (AvgIpc) is 2.75. The van der Waals surface area contributed by atoms with Gasteiger partial charge >= 0.3 is 6.03 Å². The molecular formula is C22H26FN3O3. The molecule has 2 aromatic rings. The van der Waals surface area contributed by atoms with Crippen molar-refractivity contribution in [3.63, 3.8) is 0 Å². The van der Waals surface area contributed by atoms with Crippen LogP contribution in [0.4, 0.5) is 14.9 Å². The number of urea groups is 1. The number of anilines is 1. The summed E-state index contributed by atoms with van der Waals surface area (Å²) in [5, 5.41) is 2.87. The van der Waals surface area contributed by atoms with Crippen LogP contribution in [0.2, 0.25) is 0 Å². The lowest BCUT2D eigenvalue weighted by Gasteiger charge is -2.33. The topological polar surface area (TPSA) is 61.9 Å². The van der Waals surface area contributed by atoms with Crippen LogP contribution in [0, 0.1) is 11.7 Å². The van der Waals surface area contributed by atoms with E-state index in [1.54, 1.807) is 35.0 Å². The Kier molecular flexibility index (Phi) is 7.05. The quantitative estimate of drug-likeness (QED) is 0.807. The first kappa shape index (κ1) is 20.6. The summed E-state index contributed by atoms with van der Waals surface area (Å²) in [4.78, 5) is 28.4. The van der Waals surface area contributed by atoms with Crippen molar-refractivity contribution in [1.82, 2.24) is 9.80 Å². The van der Waals surface area contributed by atoms with E-state index in [4.69, 9.17) is 4.74 Å². The van der Waals surface area contributed by atoms with Gasteiger partial charge in [0.15, 0.2) is 11.6 Å². The highest BCUT2D eigenvalue weighted by atomic mass is 19.1. The van der Waals surface area contributed by atoms with Gasteiger partial charge in [0.1, 0.15) is 6.61 Å². The number of piperidine rings is 1. The highest BCUT2D eigenvalue weighted by Gasteiger charge is 2.29. The van der Waals surface area contributed by atoms with Gasteiger partial charge in [-0.15, -0.1) is 0 Å². The Morgan fingerprint density at radius 1 is 1.10 bits per heavy atom. The van der Waals surface area contributed by atoms with Crippen LogP contribution in [-0.4, -0.2) is 55.0 Å². The average molecular weight is 399 g/mol. The predicted octanol–water partition coefficient (Wildman–Crippen LogP) is 3.61. The van der Waals surface area contributed by atoms with Crippen LogP contribution in [0.15, 0.2) is 54.6 Å². The van der Waals surface area contributed by atoms with Crippen LogP contribution in [0.3, 0.4) is 0 Å². The number of benzene rings is 2. The number of carbonyl (C=O) groups is 2. The molecule has 0 atom stereocenters. The number of ether oxygens (including phenoxy) is 1. The van der Waals surface area contributed by atoms with E-state index in [-0.39, 0.29) is 30.2 Å². The second-order valence-electron chi connectivity index (χ2n) is 7.10. The number of hydrogen-bond donors (Lipinski definition) is 1. The van der Waals surface area contributed by atoms with Crippen LogP contribution in [0.25, 0.3) is 0 Å². The Balaban J connectivity index is 1.41. The molecule has 1 fully saturated rings. The van der Waals surface area contributed by atoms with Crippen molar-refractivity contribution >= 4 is 17.6 Å². The first-order valence-corrected chi connectivity index (χ1v) is 9.78. The fourth-order valence-corrected chi connectivity index (χ4v) is 3.33. The Hall–Kier alpha value is -3.09. The van der Waals surface area contributed by atoms with Gasteiger partial charge in [0.05, 0.1) is 6.54 Å². The Bertz CT molecular complexity index is 823. The van der Waals surface area contributed by atoms with Crippen LogP contribution in [0.5, 0.6) is 5.75 Å². The summed E-state index contributed by atoms with van der Waals surface area (Å²) in [6, 6.07) is 15.4. The summed E-state index contributed by atoms with van der Waals surface area (Å²) in [6.07, 6.45) is 1.25. The van der Waals surface area contributed by atoms with Gasteiger partial charge in [-0.2, -0.15) is 0 Å². The van der Waals surface area contributed by atoms with Crippen LogP contribution < -0.4 is 10.1 Å². The van der Waals surface area contributed by atoms with E-state index in [1.807, 2.05) is 30.3 Å². The summed E-state index contributed by atoms with van der Waals surface area (Å²) in [7, 11) is 1.72. The number of carbonyl (C=O) groups excluding carboxylic acids is 2. The molecule has 1 aliphatic heterocycles. The van der Waals surface area contributed by atoms with E-state index in [0.717, 1.165) is 5.69 Å². The molecule has 0 saturated carbocycles. The van der Waals surface area contributed by atoms with Crippen molar-refractivity contribution in [1.29, 1.82) is 0 Å². The Morgan fingerprint density at radius 2 is 1.76 bits per heavy atom. The number of hydrogen-bond acceptors (Lipinski definition) is 3. The molecule has 1 saturated heterocycles. The number of nitrogens with one attached hydrogen (secondary N) is 1. The third-order valence-electron chi connectivity index (χ3n) is 5.05. The van der Waals surface area contributed by atoms with Gasteiger partial charge in [-0.3, -0.25) is 4.79 Å². The molecular weight excluding hydrogens is 373 g/mol. The van der Waals surface area contributed by atoms with Crippen LogP contribution >= 0.6 is 0 Å². The molecule has 0 spiro atoms. The number of amides is 3. The van der Waals surface area contributed by atoms with Crippen LogP contribution in [0.1, 0.15) is 12.8 Å². The predicted molar refractivity (Wildman–Crippen MR) is 109 cm³/mol. The molecule has 1 heterocycles. The zero-order chi connectivity index (χ0) is 20.6. The number of likely N-dealkylation sites (tertiary alicyclic amines) is 1. The van der Waals surface area contributed by atoms with Crippen molar-refractivity contribution in [3.8, 4) is 5.75 Å². The van der Waals surface area contributed by atoms with Crippen molar-refractivity contribution in [3.05, 3.63) is 60.4 Å². The maximum atomic E-state index is 13.6. The molecule has 1 aliphatic rings. The third-order valence-corrected chi connectivity index (χ3v) is 5.05. The maximum absolute atomic E-state index is 13.6. The molecule has 3 amide bonds. The number of para-hydroxylation sites is 2. The third kappa shape index (κ3) is 5.70. The molecule has 6 nitrogen and oxygen atoms in total. The Labute approximate surface area is 170 Å². The van der Waals surface area contributed by atoms with E-state index in [2.05, 4.69) is 5.32 Å². The highest BCUT2D eigenvalue weighted by molar-refractivity contribution is 5.89. The monoisotopic (exact) mass is 399 g/mol. The zero-order valence-corrected chi connectivity index (χ0v) is 16.5. The van der Waals surface area contributed by atoms with Gasteiger partial charge in [-0.25, -0.2) is 9.18 Å². The van der Waals surface area contributed by atoms with Gasteiger partial charge in [-0.1, -0.05) is 30.3 Å². The second kappa shape index (κ2) is 9.91.